The Labute approximate surface area is 101 Å². The van der Waals surface area contributed by atoms with E-state index in [1.165, 1.54) is 37.5 Å². The molecule has 0 aromatic heterocycles. The van der Waals surface area contributed by atoms with Crippen molar-refractivity contribution in [3.8, 4) is 6.07 Å². The summed E-state index contributed by atoms with van der Waals surface area (Å²) in [6, 6.07) is 6.23. The molecule has 1 aromatic carbocycles. The Morgan fingerprint density at radius 1 is 1.41 bits per heavy atom. The van der Waals surface area contributed by atoms with Gasteiger partial charge in [0.2, 0.25) is 0 Å². The lowest BCUT2D eigenvalue weighted by atomic mass is 9.83. The normalized spacial score (nSPS) is 15.3. The first-order chi connectivity index (χ1) is 8.29. The van der Waals surface area contributed by atoms with Crippen molar-refractivity contribution in [3.05, 3.63) is 35.1 Å². The predicted octanol–water partition coefficient (Wildman–Crippen LogP) is 3.40. The predicted molar refractivity (Wildman–Crippen MR) is 62.7 cm³/mol. The Hall–Kier alpha value is -1.40. The van der Waals surface area contributed by atoms with Crippen LogP contribution in [0.2, 0.25) is 0 Å². The lowest BCUT2D eigenvalue weighted by Gasteiger charge is -2.24. The Bertz CT molecular complexity index is 421. The van der Waals surface area contributed by atoms with Gasteiger partial charge in [0.05, 0.1) is 18.2 Å². The molecule has 2 rings (SSSR count). The van der Waals surface area contributed by atoms with Gasteiger partial charge in [-0.3, -0.25) is 0 Å². The first-order valence-electron chi connectivity index (χ1n) is 6.06. The van der Waals surface area contributed by atoms with Crippen LogP contribution in [-0.2, 0) is 11.3 Å². The van der Waals surface area contributed by atoms with Gasteiger partial charge >= 0.3 is 0 Å². The quantitative estimate of drug-likeness (QED) is 0.730. The van der Waals surface area contributed by atoms with E-state index in [0.717, 1.165) is 12.3 Å². The van der Waals surface area contributed by atoms with Crippen molar-refractivity contribution in [1.82, 2.24) is 0 Å². The SMILES string of the molecule is N#Cc1ccc(F)cc1COCCC1CCC1. The fourth-order valence-corrected chi connectivity index (χ4v) is 2.00. The van der Waals surface area contributed by atoms with E-state index in [2.05, 4.69) is 0 Å². The zero-order valence-electron chi connectivity index (χ0n) is 9.79. The van der Waals surface area contributed by atoms with Crippen LogP contribution in [-0.4, -0.2) is 6.61 Å². The molecule has 3 heteroatoms. The fraction of sp³-hybridized carbons (Fsp3) is 0.500. The van der Waals surface area contributed by atoms with Gasteiger partial charge in [0.25, 0.3) is 0 Å². The average Bonchev–Trinajstić information content (AvgIpc) is 2.26. The smallest absolute Gasteiger partial charge is 0.123 e. The summed E-state index contributed by atoms with van der Waals surface area (Å²) in [7, 11) is 0. The maximum atomic E-state index is 13.0. The summed E-state index contributed by atoms with van der Waals surface area (Å²) in [5, 5.41) is 8.87. The zero-order valence-corrected chi connectivity index (χ0v) is 9.79. The molecule has 0 spiro atoms. The molecule has 1 saturated carbocycles. The van der Waals surface area contributed by atoms with Crippen molar-refractivity contribution >= 4 is 0 Å². The molecule has 0 radical (unpaired) electrons. The van der Waals surface area contributed by atoms with Crippen LogP contribution in [0.25, 0.3) is 0 Å². The largest absolute Gasteiger partial charge is 0.377 e. The zero-order chi connectivity index (χ0) is 12.1. The minimum atomic E-state index is -0.318. The van der Waals surface area contributed by atoms with Crippen molar-refractivity contribution in [3.63, 3.8) is 0 Å². The lowest BCUT2D eigenvalue weighted by Crippen LogP contribution is -2.13. The van der Waals surface area contributed by atoms with E-state index in [4.69, 9.17) is 10.00 Å². The summed E-state index contributed by atoms with van der Waals surface area (Å²) in [5.74, 6) is 0.500. The number of hydrogen-bond donors (Lipinski definition) is 0. The molecule has 2 nitrogen and oxygen atoms in total. The Kier molecular flexibility index (Phi) is 4.11. The Morgan fingerprint density at radius 3 is 2.88 bits per heavy atom. The molecule has 0 bridgehead atoms. The number of benzene rings is 1. The molecule has 0 heterocycles. The molecule has 0 saturated heterocycles. The highest BCUT2D eigenvalue weighted by Crippen LogP contribution is 2.29. The van der Waals surface area contributed by atoms with Crippen LogP contribution >= 0.6 is 0 Å². The van der Waals surface area contributed by atoms with Crippen LogP contribution in [0, 0.1) is 23.1 Å². The standard InChI is InChI=1S/C14H16FNO/c15-14-5-4-12(9-16)13(8-14)10-17-7-6-11-2-1-3-11/h4-5,8,11H,1-3,6-7,10H2. The molecule has 0 amide bonds. The molecule has 0 aliphatic heterocycles. The van der Waals surface area contributed by atoms with Gasteiger partial charge in [0.15, 0.2) is 0 Å². The van der Waals surface area contributed by atoms with Crippen molar-refractivity contribution in [1.29, 1.82) is 5.26 Å². The highest BCUT2D eigenvalue weighted by atomic mass is 19.1. The summed E-state index contributed by atoms with van der Waals surface area (Å²) in [5.41, 5.74) is 1.14. The summed E-state index contributed by atoms with van der Waals surface area (Å²) >= 11 is 0. The summed E-state index contributed by atoms with van der Waals surface area (Å²) in [6.45, 7) is 1.03. The first-order valence-corrected chi connectivity index (χ1v) is 6.06. The van der Waals surface area contributed by atoms with Gasteiger partial charge in [-0.05, 0) is 36.1 Å². The molecule has 1 aliphatic carbocycles. The third kappa shape index (κ3) is 3.28. The number of halogens is 1. The van der Waals surface area contributed by atoms with Gasteiger partial charge in [-0.2, -0.15) is 5.26 Å². The van der Waals surface area contributed by atoms with E-state index in [1.54, 1.807) is 0 Å². The molecular formula is C14H16FNO. The first kappa shape index (κ1) is 12.1. The van der Waals surface area contributed by atoms with E-state index in [9.17, 15) is 4.39 Å². The third-order valence-electron chi connectivity index (χ3n) is 3.34. The monoisotopic (exact) mass is 233 g/mol. The number of rotatable bonds is 5. The van der Waals surface area contributed by atoms with Gasteiger partial charge in [-0.1, -0.05) is 19.3 Å². The van der Waals surface area contributed by atoms with Gasteiger partial charge in [0.1, 0.15) is 5.82 Å². The van der Waals surface area contributed by atoms with E-state index in [1.807, 2.05) is 6.07 Å². The molecule has 0 unspecified atom stereocenters. The van der Waals surface area contributed by atoms with E-state index >= 15 is 0 Å². The van der Waals surface area contributed by atoms with Gasteiger partial charge < -0.3 is 4.74 Å². The van der Waals surface area contributed by atoms with E-state index in [-0.39, 0.29) is 5.82 Å². The molecule has 1 aromatic rings. The van der Waals surface area contributed by atoms with Gasteiger partial charge in [0, 0.05) is 6.61 Å². The van der Waals surface area contributed by atoms with Crippen LogP contribution in [0.15, 0.2) is 18.2 Å². The number of nitriles is 1. The second-order valence-electron chi connectivity index (χ2n) is 4.55. The minimum Gasteiger partial charge on any atom is -0.377 e. The average molecular weight is 233 g/mol. The molecule has 1 aliphatic rings. The van der Waals surface area contributed by atoms with Crippen LogP contribution in [0.1, 0.15) is 36.8 Å². The number of hydrogen-bond acceptors (Lipinski definition) is 2. The maximum Gasteiger partial charge on any atom is 0.123 e. The van der Waals surface area contributed by atoms with Crippen LogP contribution in [0.4, 0.5) is 4.39 Å². The maximum absolute atomic E-state index is 13.0. The summed E-state index contributed by atoms with van der Waals surface area (Å²) in [6.07, 6.45) is 5.05. The van der Waals surface area contributed by atoms with E-state index in [0.29, 0.717) is 24.3 Å². The van der Waals surface area contributed by atoms with Gasteiger partial charge in [-0.25, -0.2) is 4.39 Å². The molecule has 90 valence electrons. The molecule has 0 atom stereocenters. The van der Waals surface area contributed by atoms with Crippen molar-refractivity contribution in [2.45, 2.75) is 32.3 Å². The molecular weight excluding hydrogens is 217 g/mol. The number of ether oxygens (including phenoxy) is 1. The number of nitrogens with zero attached hydrogens (tertiary/aromatic N) is 1. The van der Waals surface area contributed by atoms with Crippen molar-refractivity contribution in [2.75, 3.05) is 6.61 Å². The molecule has 0 N–H and O–H groups in total. The van der Waals surface area contributed by atoms with E-state index < -0.39 is 0 Å². The fourth-order valence-electron chi connectivity index (χ4n) is 2.00. The highest BCUT2D eigenvalue weighted by Gasteiger charge is 2.16. The molecule has 17 heavy (non-hydrogen) atoms. The van der Waals surface area contributed by atoms with Crippen LogP contribution in [0.3, 0.4) is 0 Å². The molecule has 1 fully saturated rings. The Balaban J connectivity index is 1.81. The van der Waals surface area contributed by atoms with Crippen molar-refractivity contribution in [2.24, 2.45) is 5.92 Å². The van der Waals surface area contributed by atoms with Crippen LogP contribution in [0.5, 0.6) is 0 Å². The summed E-state index contributed by atoms with van der Waals surface area (Å²) in [4.78, 5) is 0. The van der Waals surface area contributed by atoms with Crippen LogP contribution < -0.4 is 0 Å². The third-order valence-corrected chi connectivity index (χ3v) is 3.34. The second kappa shape index (κ2) is 5.79. The van der Waals surface area contributed by atoms with Gasteiger partial charge in [-0.15, -0.1) is 0 Å². The minimum absolute atomic E-state index is 0.318. The van der Waals surface area contributed by atoms with Crippen molar-refractivity contribution < 1.29 is 9.13 Å². The Morgan fingerprint density at radius 2 is 2.24 bits per heavy atom. The summed E-state index contributed by atoms with van der Waals surface area (Å²) < 4.78 is 18.5. The second-order valence-corrected chi connectivity index (χ2v) is 4.55. The highest BCUT2D eigenvalue weighted by molar-refractivity contribution is 5.37. The topological polar surface area (TPSA) is 33.0 Å². The lowest BCUT2D eigenvalue weighted by molar-refractivity contribution is 0.0947.